The number of carbonyl (C=O) groups excluding carboxylic acids is 1. The van der Waals surface area contributed by atoms with Crippen LogP contribution in [0.5, 0.6) is 0 Å². The lowest BCUT2D eigenvalue weighted by Gasteiger charge is -2.21. The zero-order valence-electron chi connectivity index (χ0n) is 10.9. The zero-order valence-corrected chi connectivity index (χ0v) is 10.9. The van der Waals surface area contributed by atoms with Gasteiger partial charge in [0.15, 0.2) is 0 Å². The quantitative estimate of drug-likeness (QED) is 0.875. The number of amides is 1. The smallest absolute Gasteiger partial charge is 0.261 e. The first-order valence-electron chi connectivity index (χ1n) is 6.15. The van der Waals surface area contributed by atoms with Crippen molar-refractivity contribution >= 4 is 17.3 Å². The van der Waals surface area contributed by atoms with E-state index in [4.69, 9.17) is 5.73 Å². The summed E-state index contributed by atoms with van der Waals surface area (Å²) in [5.41, 5.74) is 6.41. The average Bonchev–Trinajstić information content (AvgIpc) is 2.42. The van der Waals surface area contributed by atoms with Gasteiger partial charge in [-0.05, 0) is 43.3 Å². The lowest BCUT2D eigenvalue weighted by Crippen LogP contribution is -2.31. The minimum Gasteiger partial charge on any atom is -0.399 e. The van der Waals surface area contributed by atoms with Gasteiger partial charge >= 0.3 is 0 Å². The molecule has 2 rings (SSSR count). The standard InChI is InChI=1S/C15H14F2N2O/c1-2-19(12-5-3-4-11(18)9-12)15(20)13-8-10(16)6-7-14(13)17/h3-9H,2,18H2,1H3. The van der Waals surface area contributed by atoms with Gasteiger partial charge in [-0.3, -0.25) is 4.79 Å². The fourth-order valence-corrected chi connectivity index (χ4v) is 1.94. The minimum atomic E-state index is -0.751. The van der Waals surface area contributed by atoms with Crippen molar-refractivity contribution in [3.8, 4) is 0 Å². The highest BCUT2D eigenvalue weighted by atomic mass is 19.1. The number of carbonyl (C=O) groups is 1. The summed E-state index contributed by atoms with van der Waals surface area (Å²) < 4.78 is 26.9. The predicted molar refractivity (Wildman–Crippen MR) is 74.6 cm³/mol. The van der Waals surface area contributed by atoms with Gasteiger partial charge in [0.05, 0.1) is 5.56 Å². The summed E-state index contributed by atoms with van der Waals surface area (Å²) in [5, 5.41) is 0. The maximum absolute atomic E-state index is 13.7. The molecule has 0 heterocycles. The fraction of sp³-hybridized carbons (Fsp3) is 0.133. The van der Waals surface area contributed by atoms with E-state index in [1.165, 1.54) is 4.90 Å². The molecule has 0 aliphatic carbocycles. The van der Waals surface area contributed by atoms with Crippen molar-refractivity contribution in [2.75, 3.05) is 17.2 Å². The Balaban J connectivity index is 2.41. The zero-order chi connectivity index (χ0) is 14.7. The van der Waals surface area contributed by atoms with Crippen molar-refractivity contribution in [3.63, 3.8) is 0 Å². The maximum Gasteiger partial charge on any atom is 0.261 e. The van der Waals surface area contributed by atoms with E-state index >= 15 is 0 Å². The van der Waals surface area contributed by atoms with Gasteiger partial charge in [-0.25, -0.2) is 8.78 Å². The summed E-state index contributed by atoms with van der Waals surface area (Å²) in [4.78, 5) is 13.7. The Kier molecular flexibility index (Phi) is 3.98. The molecule has 0 fully saturated rings. The molecule has 2 aromatic carbocycles. The molecule has 0 aliphatic rings. The molecule has 2 aromatic rings. The number of halogens is 2. The molecule has 0 bridgehead atoms. The molecule has 0 saturated carbocycles. The lowest BCUT2D eigenvalue weighted by molar-refractivity contribution is 0.0984. The number of nitrogens with two attached hydrogens (primary N) is 1. The van der Waals surface area contributed by atoms with E-state index in [0.717, 1.165) is 18.2 Å². The van der Waals surface area contributed by atoms with E-state index in [-0.39, 0.29) is 5.56 Å². The molecule has 1 amide bonds. The summed E-state index contributed by atoms with van der Waals surface area (Å²) in [5.74, 6) is -2.01. The third kappa shape index (κ3) is 2.77. The highest BCUT2D eigenvalue weighted by Crippen LogP contribution is 2.21. The summed E-state index contributed by atoms with van der Waals surface area (Å²) in [7, 11) is 0. The average molecular weight is 276 g/mol. The van der Waals surface area contributed by atoms with Crippen molar-refractivity contribution in [2.45, 2.75) is 6.92 Å². The van der Waals surface area contributed by atoms with Gasteiger partial charge in [-0.2, -0.15) is 0 Å². The lowest BCUT2D eigenvalue weighted by atomic mass is 10.1. The molecule has 0 radical (unpaired) electrons. The molecule has 104 valence electrons. The second kappa shape index (κ2) is 5.69. The van der Waals surface area contributed by atoms with Gasteiger partial charge < -0.3 is 10.6 Å². The molecule has 5 heteroatoms. The number of rotatable bonds is 3. The number of nitrogens with zero attached hydrogens (tertiary/aromatic N) is 1. The molecule has 20 heavy (non-hydrogen) atoms. The van der Waals surface area contributed by atoms with Gasteiger partial charge in [0.25, 0.3) is 5.91 Å². The van der Waals surface area contributed by atoms with Crippen LogP contribution in [-0.2, 0) is 0 Å². The number of hydrogen-bond acceptors (Lipinski definition) is 2. The third-order valence-corrected chi connectivity index (χ3v) is 2.90. The molecular weight excluding hydrogens is 262 g/mol. The topological polar surface area (TPSA) is 46.3 Å². The monoisotopic (exact) mass is 276 g/mol. The molecule has 3 nitrogen and oxygen atoms in total. The normalized spacial score (nSPS) is 10.3. The number of hydrogen-bond donors (Lipinski definition) is 1. The van der Waals surface area contributed by atoms with Crippen LogP contribution in [0.2, 0.25) is 0 Å². The first kappa shape index (κ1) is 14.0. The van der Waals surface area contributed by atoms with Crippen LogP contribution >= 0.6 is 0 Å². The van der Waals surface area contributed by atoms with E-state index < -0.39 is 17.5 Å². The van der Waals surface area contributed by atoms with Crippen molar-refractivity contribution < 1.29 is 13.6 Å². The van der Waals surface area contributed by atoms with E-state index in [1.54, 1.807) is 31.2 Å². The van der Waals surface area contributed by atoms with Crippen LogP contribution in [-0.4, -0.2) is 12.5 Å². The number of anilines is 2. The predicted octanol–water partition coefficient (Wildman–Crippen LogP) is 3.21. The van der Waals surface area contributed by atoms with Crippen LogP contribution in [0.25, 0.3) is 0 Å². The molecular formula is C15H14F2N2O. The van der Waals surface area contributed by atoms with E-state index in [0.29, 0.717) is 17.9 Å². The van der Waals surface area contributed by atoms with Gasteiger partial charge in [0.1, 0.15) is 11.6 Å². The van der Waals surface area contributed by atoms with Crippen LogP contribution in [0.15, 0.2) is 42.5 Å². The number of nitrogen functional groups attached to an aromatic ring is 1. The van der Waals surface area contributed by atoms with Crippen LogP contribution in [0, 0.1) is 11.6 Å². The molecule has 0 spiro atoms. The summed E-state index contributed by atoms with van der Waals surface area (Å²) >= 11 is 0. The molecule has 2 N–H and O–H groups in total. The SMILES string of the molecule is CCN(C(=O)c1cc(F)ccc1F)c1cccc(N)c1. The van der Waals surface area contributed by atoms with Crippen molar-refractivity contribution in [1.29, 1.82) is 0 Å². The Morgan fingerprint density at radius 1 is 1.20 bits per heavy atom. The molecule has 0 unspecified atom stereocenters. The van der Waals surface area contributed by atoms with E-state index in [9.17, 15) is 13.6 Å². The van der Waals surface area contributed by atoms with Crippen LogP contribution in [0.1, 0.15) is 17.3 Å². The van der Waals surface area contributed by atoms with Gasteiger partial charge in [-0.1, -0.05) is 6.07 Å². The van der Waals surface area contributed by atoms with E-state index in [1.807, 2.05) is 0 Å². The molecule has 0 saturated heterocycles. The fourth-order valence-electron chi connectivity index (χ4n) is 1.94. The second-order valence-electron chi connectivity index (χ2n) is 4.27. The Hall–Kier alpha value is -2.43. The first-order valence-corrected chi connectivity index (χ1v) is 6.15. The Morgan fingerprint density at radius 2 is 1.95 bits per heavy atom. The Morgan fingerprint density at radius 3 is 2.60 bits per heavy atom. The van der Waals surface area contributed by atoms with Crippen molar-refractivity contribution in [1.82, 2.24) is 0 Å². The first-order chi connectivity index (χ1) is 9.52. The van der Waals surface area contributed by atoms with Crippen LogP contribution in [0.3, 0.4) is 0 Å². The van der Waals surface area contributed by atoms with Gasteiger partial charge in [0.2, 0.25) is 0 Å². The summed E-state index contributed by atoms with van der Waals surface area (Å²) in [6.07, 6.45) is 0. The minimum absolute atomic E-state index is 0.297. The van der Waals surface area contributed by atoms with Gasteiger partial charge in [0, 0.05) is 17.9 Å². The van der Waals surface area contributed by atoms with Crippen molar-refractivity contribution in [3.05, 3.63) is 59.7 Å². The Labute approximate surface area is 115 Å². The van der Waals surface area contributed by atoms with Crippen LogP contribution in [0.4, 0.5) is 20.2 Å². The summed E-state index contributed by atoms with van der Waals surface area (Å²) in [6.45, 7) is 2.07. The third-order valence-electron chi connectivity index (χ3n) is 2.90. The summed E-state index contributed by atoms with van der Waals surface area (Å²) in [6, 6.07) is 9.49. The van der Waals surface area contributed by atoms with E-state index in [2.05, 4.69) is 0 Å². The molecule has 0 aromatic heterocycles. The maximum atomic E-state index is 13.7. The van der Waals surface area contributed by atoms with Gasteiger partial charge in [-0.15, -0.1) is 0 Å². The second-order valence-corrected chi connectivity index (χ2v) is 4.27. The largest absolute Gasteiger partial charge is 0.399 e. The van der Waals surface area contributed by atoms with Crippen molar-refractivity contribution in [2.24, 2.45) is 0 Å². The molecule has 0 aliphatic heterocycles. The number of benzene rings is 2. The Bertz CT molecular complexity index is 644. The highest BCUT2D eigenvalue weighted by Gasteiger charge is 2.20. The highest BCUT2D eigenvalue weighted by molar-refractivity contribution is 6.06. The molecule has 0 atom stereocenters. The van der Waals surface area contributed by atoms with Crippen LogP contribution < -0.4 is 10.6 Å².